The maximum atomic E-state index is 10.3. The van der Waals surface area contributed by atoms with Gasteiger partial charge < -0.3 is 5.11 Å². The van der Waals surface area contributed by atoms with Crippen LogP contribution in [-0.4, -0.2) is 41.1 Å². The van der Waals surface area contributed by atoms with Crippen LogP contribution in [0.1, 0.15) is 11.1 Å². The minimum atomic E-state index is 0.411. The lowest BCUT2D eigenvalue weighted by atomic mass is 10.0. The minimum Gasteiger partial charge on any atom is -0.508 e. The van der Waals surface area contributed by atoms with Crippen molar-refractivity contribution < 1.29 is 5.11 Å². The van der Waals surface area contributed by atoms with E-state index in [2.05, 4.69) is 38.8 Å². The highest BCUT2D eigenvalue weighted by Crippen LogP contribution is 2.28. The standard InChI is InChI=1S/C20H22N2OS/c23-20-6-5-17-3-1-2-4-18(17)19(20)14-22-10-8-21(9-11-22)13-16-7-12-24-15-16/h1-7,12,15,23H,8-11,13-14H2. The molecular weight excluding hydrogens is 316 g/mol. The minimum absolute atomic E-state index is 0.411. The van der Waals surface area contributed by atoms with Crippen LogP contribution < -0.4 is 0 Å². The molecule has 3 aromatic rings. The second-order valence-corrected chi connectivity index (χ2v) is 7.25. The van der Waals surface area contributed by atoms with Crippen LogP contribution in [0.3, 0.4) is 0 Å². The smallest absolute Gasteiger partial charge is 0.120 e. The topological polar surface area (TPSA) is 26.7 Å². The van der Waals surface area contributed by atoms with Crippen molar-refractivity contribution >= 4 is 22.1 Å². The molecule has 0 spiro atoms. The molecular formula is C20H22N2OS. The molecule has 0 amide bonds. The number of benzene rings is 2. The zero-order valence-corrected chi connectivity index (χ0v) is 14.5. The predicted octanol–water partition coefficient (Wildman–Crippen LogP) is 3.92. The fraction of sp³-hybridized carbons (Fsp3) is 0.300. The molecule has 0 bridgehead atoms. The highest BCUT2D eigenvalue weighted by molar-refractivity contribution is 7.07. The first-order chi connectivity index (χ1) is 11.8. The number of fused-ring (bicyclic) bond motifs is 1. The monoisotopic (exact) mass is 338 g/mol. The number of rotatable bonds is 4. The van der Waals surface area contributed by atoms with Gasteiger partial charge in [-0.15, -0.1) is 0 Å². The molecule has 0 radical (unpaired) electrons. The van der Waals surface area contributed by atoms with E-state index in [1.165, 1.54) is 16.3 Å². The second kappa shape index (κ2) is 6.93. The summed E-state index contributed by atoms with van der Waals surface area (Å²) in [6.45, 7) is 6.14. The molecule has 1 N–H and O–H groups in total. The summed E-state index contributed by atoms with van der Waals surface area (Å²) >= 11 is 1.77. The van der Waals surface area contributed by atoms with Gasteiger partial charge >= 0.3 is 0 Å². The average Bonchev–Trinajstić information content (AvgIpc) is 3.12. The maximum absolute atomic E-state index is 10.3. The zero-order chi connectivity index (χ0) is 16.4. The first-order valence-corrected chi connectivity index (χ1v) is 9.39. The summed E-state index contributed by atoms with van der Waals surface area (Å²) in [6, 6.07) is 14.3. The molecule has 1 aromatic heterocycles. The summed E-state index contributed by atoms with van der Waals surface area (Å²) in [5.74, 6) is 0.411. The molecule has 2 aromatic carbocycles. The van der Waals surface area contributed by atoms with Crippen molar-refractivity contribution in [3.05, 3.63) is 64.4 Å². The molecule has 3 nitrogen and oxygen atoms in total. The maximum Gasteiger partial charge on any atom is 0.120 e. The summed E-state index contributed by atoms with van der Waals surface area (Å²) in [7, 11) is 0. The predicted molar refractivity (Wildman–Crippen MR) is 100 cm³/mol. The Balaban J connectivity index is 1.43. The van der Waals surface area contributed by atoms with Gasteiger partial charge in [0.15, 0.2) is 0 Å². The molecule has 4 heteroatoms. The van der Waals surface area contributed by atoms with Crippen LogP contribution in [0.5, 0.6) is 5.75 Å². The van der Waals surface area contributed by atoms with E-state index in [9.17, 15) is 5.11 Å². The molecule has 1 saturated heterocycles. The largest absolute Gasteiger partial charge is 0.508 e. The Morgan fingerprint density at radius 2 is 1.62 bits per heavy atom. The van der Waals surface area contributed by atoms with Crippen molar-refractivity contribution in [3.63, 3.8) is 0 Å². The second-order valence-electron chi connectivity index (χ2n) is 6.47. The number of aromatic hydroxyl groups is 1. The Morgan fingerprint density at radius 1 is 0.875 bits per heavy atom. The lowest BCUT2D eigenvalue weighted by Crippen LogP contribution is -2.45. The van der Waals surface area contributed by atoms with E-state index < -0.39 is 0 Å². The molecule has 0 saturated carbocycles. The van der Waals surface area contributed by atoms with E-state index in [1.807, 2.05) is 24.3 Å². The fourth-order valence-electron chi connectivity index (χ4n) is 3.46. The molecule has 24 heavy (non-hydrogen) atoms. The quantitative estimate of drug-likeness (QED) is 0.781. The van der Waals surface area contributed by atoms with Gasteiger partial charge in [-0.25, -0.2) is 0 Å². The molecule has 0 aliphatic carbocycles. The van der Waals surface area contributed by atoms with E-state index in [0.717, 1.165) is 44.8 Å². The highest BCUT2D eigenvalue weighted by Gasteiger charge is 2.19. The Labute approximate surface area is 146 Å². The van der Waals surface area contributed by atoms with Crippen LogP contribution in [0.2, 0.25) is 0 Å². The lowest BCUT2D eigenvalue weighted by Gasteiger charge is -2.34. The Kier molecular flexibility index (Phi) is 4.52. The van der Waals surface area contributed by atoms with Crippen LogP contribution in [0.15, 0.2) is 53.2 Å². The molecule has 0 atom stereocenters. The van der Waals surface area contributed by atoms with Crippen LogP contribution in [0.25, 0.3) is 10.8 Å². The van der Waals surface area contributed by atoms with Crippen molar-refractivity contribution in [2.75, 3.05) is 26.2 Å². The summed E-state index contributed by atoms with van der Waals surface area (Å²) in [5.41, 5.74) is 2.47. The summed E-state index contributed by atoms with van der Waals surface area (Å²) in [6.07, 6.45) is 0. The van der Waals surface area contributed by atoms with Gasteiger partial charge in [-0.2, -0.15) is 11.3 Å². The Morgan fingerprint density at radius 3 is 2.38 bits per heavy atom. The van der Waals surface area contributed by atoms with Gasteiger partial charge in [0, 0.05) is 44.8 Å². The molecule has 4 rings (SSSR count). The number of phenolic OH excluding ortho intramolecular Hbond substituents is 1. The van der Waals surface area contributed by atoms with Crippen molar-refractivity contribution in [2.45, 2.75) is 13.1 Å². The molecule has 1 aliphatic rings. The van der Waals surface area contributed by atoms with Crippen molar-refractivity contribution in [3.8, 4) is 5.75 Å². The van der Waals surface area contributed by atoms with E-state index in [-0.39, 0.29) is 0 Å². The number of hydrogen-bond acceptors (Lipinski definition) is 4. The van der Waals surface area contributed by atoms with Crippen LogP contribution in [0.4, 0.5) is 0 Å². The van der Waals surface area contributed by atoms with Crippen molar-refractivity contribution in [1.82, 2.24) is 9.80 Å². The average molecular weight is 338 g/mol. The number of nitrogens with zero attached hydrogens (tertiary/aromatic N) is 2. The van der Waals surface area contributed by atoms with Gasteiger partial charge in [-0.05, 0) is 39.2 Å². The van der Waals surface area contributed by atoms with Crippen molar-refractivity contribution in [1.29, 1.82) is 0 Å². The number of thiophene rings is 1. The normalized spacial score (nSPS) is 16.7. The fourth-order valence-corrected chi connectivity index (χ4v) is 4.12. The van der Waals surface area contributed by atoms with Gasteiger partial charge in [0.1, 0.15) is 5.75 Å². The van der Waals surface area contributed by atoms with Crippen LogP contribution in [-0.2, 0) is 13.1 Å². The number of phenols is 1. The summed E-state index contributed by atoms with van der Waals surface area (Å²) < 4.78 is 0. The number of hydrogen-bond donors (Lipinski definition) is 1. The zero-order valence-electron chi connectivity index (χ0n) is 13.7. The van der Waals surface area contributed by atoms with E-state index in [4.69, 9.17) is 0 Å². The summed E-state index contributed by atoms with van der Waals surface area (Å²) in [5, 5.41) is 17.1. The van der Waals surface area contributed by atoms with Gasteiger partial charge in [0.2, 0.25) is 0 Å². The molecule has 0 unspecified atom stereocenters. The highest BCUT2D eigenvalue weighted by atomic mass is 32.1. The molecule has 1 fully saturated rings. The van der Waals surface area contributed by atoms with Crippen molar-refractivity contribution in [2.24, 2.45) is 0 Å². The van der Waals surface area contributed by atoms with Gasteiger partial charge in [0.25, 0.3) is 0 Å². The molecule has 2 heterocycles. The third kappa shape index (κ3) is 3.31. The lowest BCUT2D eigenvalue weighted by molar-refractivity contribution is 0.122. The molecule has 124 valence electrons. The van der Waals surface area contributed by atoms with E-state index in [1.54, 1.807) is 11.3 Å². The third-order valence-corrected chi connectivity index (χ3v) is 5.58. The van der Waals surface area contributed by atoms with E-state index >= 15 is 0 Å². The van der Waals surface area contributed by atoms with Gasteiger partial charge in [0.05, 0.1) is 0 Å². The first-order valence-electron chi connectivity index (χ1n) is 8.45. The van der Waals surface area contributed by atoms with E-state index in [0.29, 0.717) is 5.75 Å². The molecule has 1 aliphatic heterocycles. The van der Waals surface area contributed by atoms with Gasteiger partial charge in [-0.1, -0.05) is 30.3 Å². The number of piperazine rings is 1. The third-order valence-electron chi connectivity index (χ3n) is 4.85. The Bertz CT molecular complexity index is 808. The summed E-state index contributed by atoms with van der Waals surface area (Å²) in [4.78, 5) is 4.97. The Hall–Kier alpha value is -1.88. The van der Waals surface area contributed by atoms with Crippen LogP contribution in [0, 0.1) is 0 Å². The SMILES string of the molecule is Oc1ccc2ccccc2c1CN1CCN(Cc2ccsc2)CC1. The first kappa shape index (κ1) is 15.6. The van der Waals surface area contributed by atoms with Crippen LogP contribution >= 0.6 is 11.3 Å². The van der Waals surface area contributed by atoms with Gasteiger partial charge in [-0.3, -0.25) is 9.80 Å².